The summed E-state index contributed by atoms with van der Waals surface area (Å²) in [6.07, 6.45) is 4.36. The van der Waals surface area contributed by atoms with Crippen LogP contribution in [0.15, 0.2) is 42.7 Å². The molecule has 2 aliphatic rings. The Bertz CT molecular complexity index is 1070. The van der Waals surface area contributed by atoms with E-state index in [9.17, 15) is 19.2 Å². The van der Waals surface area contributed by atoms with Crippen molar-refractivity contribution in [3.8, 4) is 0 Å². The number of methoxy groups -OCH3 is 1. The molecule has 0 saturated carbocycles. The fourth-order valence-electron chi connectivity index (χ4n) is 4.17. The second-order valence-corrected chi connectivity index (χ2v) is 8.05. The molecule has 0 N–H and O–H groups in total. The van der Waals surface area contributed by atoms with Crippen LogP contribution in [-0.2, 0) is 4.74 Å². The van der Waals surface area contributed by atoms with Gasteiger partial charge in [-0.1, -0.05) is 0 Å². The summed E-state index contributed by atoms with van der Waals surface area (Å²) in [5, 5.41) is 0. The topological polar surface area (TPSA) is 100 Å². The molecule has 0 atom stereocenters. The lowest BCUT2D eigenvalue weighted by Crippen LogP contribution is -2.37. The van der Waals surface area contributed by atoms with Gasteiger partial charge in [-0.3, -0.25) is 29.1 Å². The molecular formula is C24H26N4O5. The van der Waals surface area contributed by atoms with Crippen LogP contribution in [0.3, 0.4) is 0 Å². The highest BCUT2D eigenvalue weighted by Gasteiger charge is 2.36. The van der Waals surface area contributed by atoms with E-state index in [1.807, 2.05) is 0 Å². The van der Waals surface area contributed by atoms with Crippen molar-refractivity contribution in [2.45, 2.75) is 12.8 Å². The highest BCUT2D eigenvalue weighted by atomic mass is 16.5. The second kappa shape index (κ2) is 9.91. The van der Waals surface area contributed by atoms with Gasteiger partial charge in [0.15, 0.2) is 0 Å². The zero-order valence-electron chi connectivity index (χ0n) is 18.5. The Labute approximate surface area is 191 Å². The fraction of sp³-hybridized carbons (Fsp3) is 0.375. The van der Waals surface area contributed by atoms with Gasteiger partial charge >= 0.3 is 0 Å². The molecule has 1 fully saturated rings. The van der Waals surface area contributed by atoms with Crippen LogP contribution in [0.25, 0.3) is 0 Å². The largest absolute Gasteiger partial charge is 0.385 e. The van der Waals surface area contributed by atoms with Crippen molar-refractivity contribution in [1.82, 2.24) is 19.7 Å². The third-order valence-electron chi connectivity index (χ3n) is 5.93. The van der Waals surface area contributed by atoms with Gasteiger partial charge in [-0.05, 0) is 43.2 Å². The summed E-state index contributed by atoms with van der Waals surface area (Å²) >= 11 is 0. The number of carbonyl (C=O) groups excluding carboxylic acids is 4. The van der Waals surface area contributed by atoms with E-state index in [1.54, 1.807) is 47.4 Å². The Morgan fingerprint density at radius 1 is 0.939 bits per heavy atom. The number of hydrogen-bond donors (Lipinski definition) is 0. The first kappa shape index (κ1) is 22.6. The first-order valence-electron chi connectivity index (χ1n) is 11.0. The van der Waals surface area contributed by atoms with Crippen molar-refractivity contribution in [2.24, 2.45) is 0 Å². The maximum Gasteiger partial charge on any atom is 0.261 e. The molecule has 9 nitrogen and oxygen atoms in total. The molecule has 2 aliphatic heterocycles. The zero-order valence-corrected chi connectivity index (χ0v) is 18.5. The van der Waals surface area contributed by atoms with Gasteiger partial charge < -0.3 is 14.5 Å². The number of hydrogen-bond acceptors (Lipinski definition) is 6. The van der Waals surface area contributed by atoms with Crippen molar-refractivity contribution in [3.05, 3.63) is 65.0 Å². The van der Waals surface area contributed by atoms with E-state index >= 15 is 0 Å². The monoisotopic (exact) mass is 450 g/mol. The Balaban J connectivity index is 1.44. The summed E-state index contributed by atoms with van der Waals surface area (Å²) in [5.41, 5.74) is 1.46. The van der Waals surface area contributed by atoms with Crippen LogP contribution < -0.4 is 0 Å². The van der Waals surface area contributed by atoms with Gasteiger partial charge in [-0.25, -0.2) is 0 Å². The molecule has 33 heavy (non-hydrogen) atoms. The van der Waals surface area contributed by atoms with Gasteiger partial charge in [0.1, 0.15) is 0 Å². The van der Waals surface area contributed by atoms with Crippen LogP contribution in [0.5, 0.6) is 0 Å². The summed E-state index contributed by atoms with van der Waals surface area (Å²) in [6.45, 7) is 2.57. The third-order valence-corrected chi connectivity index (χ3v) is 5.93. The molecule has 4 rings (SSSR count). The maximum atomic E-state index is 13.2. The van der Waals surface area contributed by atoms with Crippen LogP contribution in [0.1, 0.15) is 54.3 Å². The van der Waals surface area contributed by atoms with Crippen LogP contribution >= 0.6 is 0 Å². The number of nitrogens with zero attached hydrogens (tertiary/aromatic N) is 4. The molecule has 0 unspecified atom stereocenters. The number of pyridine rings is 1. The lowest BCUT2D eigenvalue weighted by molar-refractivity contribution is 0.0637. The van der Waals surface area contributed by atoms with Gasteiger partial charge in [-0.2, -0.15) is 0 Å². The lowest BCUT2D eigenvalue weighted by Gasteiger charge is -2.22. The van der Waals surface area contributed by atoms with E-state index < -0.39 is 0 Å². The number of benzene rings is 1. The second-order valence-electron chi connectivity index (χ2n) is 8.05. The van der Waals surface area contributed by atoms with Gasteiger partial charge in [0.05, 0.1) is 16.7 Å². The SMILES string of the molecule is COCCCN1C(=O)c2ccc(C(=O)N3CCCN(C(=O)c4cccnc4)CC3)cc2C1=O. The first-order chi connectivity index (χ1) is 16.0. The predicted molar refractivity (Wildman–Crippen MR) is 119 cm³/mol. The van der Waals surface area contributed by atoms with Gasteiger partial charge in [-0.15, -0.1) is 0 Å². The van der Waals surface area contributed by atoms with Gasteiger partial charge in [0.25, 0.3) is 23.6 Å². The molecule has 0 spiro atoms. The van der Waals surface area contributed by atoms with E-state index in [0.29, 0.717) is 62.3 Å². The lowest BCUT2D eigenvalue weighted by atomic mass is 10.0. The average Bonchev–Trinajstić information content (AvgIpc) is 3.01. The number of imide groups is 1. The number of fused-ring (bicyclic) bond motifs is 1. The fourth-order valence-corrected chi connectivity index (χ4v) is 4.17. The molecular weight excluding hydrogens is 424 g/mol. The number of carbonyl (C=O) groups is 4. The molecule has 9 heteroatoms. The van der Waals surface area contributed by atoms with Crippen LogP contribution in [0.4, 0.5) is 0 Å². The zero-order chi connectivity index (χ0) is 23.4. The van der Waals surface area contributed by atoms with Crippen molar-refractivity contribution in [2.75, 3.05) is 46.4 Å². The minimum absolute atomic E-state index is 0.104. The molecule has 172 valence electrons. The molecule has 1 aromatic carbocycles. The molecule has 1 saturated heterocycles. The average molecular weight is 450 g/mol. The van der Waals surface area contributed by atoms with Crippen molar-refractivity contribution < 1.29 is 23.9 Å². The van der Waals surface area contributed by atoms with E-state index in [2.05, 4.69) is 4.98 Å². The molecule has 0 radical (unpaired) electrons. The molecule has 3 heterocycles. The standard InChI is InChI=1S/C24H26N4O5/c1-33-14-4-11-28-23(31)19-7-6-17(15-20(19)24(28)32)21(29)26-9-3-10-27(13-12-26)22(30)18-5-2-8-25-16-18/h2,5-8,15-16H,3-4,9-14H2,1H3. The Morgan fingerprint density at radius 3 is 2.30 bits per heavy atom. The van der Waals surface area contributed by atoms with E-state index in [4.69, 9.17) is 4.74 Å². The normalized spacial score (nSPS) is 16.1. The van der Waals surface area contributed by atoms with E-state index in [0.717, 1.165) is 0 Å². The first-order valence-corrected chi connectivity index (χ1v) is 11.0. The number of rotatable bonds is 6. The number of amides is 4. The van der Waals surface area contributed by atoms with Crippen LogP contribution in [0.2, 0.25) is 0 Å². The third kappa shape index (κ3) is 4.63. The molecule has 1 aromatic heterocycles. The van der Waals surface area contributed by atoms with E-state index in [-0.39, 0.29) is 35.7 Å². The van der Waals surface area contributed by atoms with Crippen LogP contribution in [0, 0.1) is 0 Å². The van der Waals surface area contributed by atoms with E-state index in [1.165, 1.54) is 17.2 Å². The minimum Gasteiger partial charge on any atom is -0.385 e. The van der Waals surface area contributed by atoms with Crippen molar-refractivity contribution in [1.29, 1.82) is 0 Å². The highest BCUT2D eigenvalue weighted by Crippen LogP contribution is 2.25. The summed E-state index contributed by atoms with van der Waals surface area (Å²) in [6, 6.07) is 8.10. The summed E-state index contributed by atoms with van der Waals surface area (Å²) in [4.78, 5) is 59.8. The summed E-state index contributed by atoms with van der Waals surface area (Å²) in [7, 11) is 1.57. The molecule has 2 aromatic rings. The summed E-state index contributed by atoms with van der Waals surface area (Å²) in [5.74, 6) is -1.05. The molecule has 0 bridgehead atoms. The molecule has 4 amide bonds. The van der Waals surface area contributed by atoms with Crippen molar-refractivity contribution in [3.63, 3.8) is 0 Å². The Morgan fingerprint density at radius 2 is 1.64 bits per heavy atom. The van der Waals surface area contributed by atoms with Crippen molar-refractivity contribution >= 4 is 23.6 Å². The predicted octanol–water partition coefficient (Wildman–Crippen LogP) is 1.70. The maximum absolute atomic E-state index is 13.2. The quantitative estimate of drug-likeness (QED) is 0.491. The Kier molecular flexibility index (Phi) is 6.79. The summed E-state index contributed by atoms with van der Waals surface area (Å²) < 4.78 is 5.00. The number of ether oxygens (including phenoxy) is 1. The highest BCUT2D eigenvalue weighted by molar-refractivity contribution is 6.22. The van der Waals surface area contributed by atoms with Gasteiger partial charge in [0, 0.05) is 64.4 Å². The number of aromatic nitrogens is 1. The molecule has 0 aliphatic carbocycles. The smallest absolute Gasteiger partial charge is 0.261 e. The van der Waals surface area contributed by atoms with Crippen LogP contribution in [-0.4, -0.2) is 89.8 Å². The van der Waals surface area contributed by atoms with Gasteiger partial charge in [0.2, 0.25) is 0 Å². The minimum atomic E-state index is -0.384. The Hall–Kier alpha value is -3.59.